The minimum absolute atomic E-state index is 0.0796. The van der Waals surface area contributed by atoms with Gasteiger partial charge in [-0.1, -0.05) is 30.3 Å². The van der Waals surface area contributed by atoms with E-state index < -0.39 is 6.09 Å². The maximum absolute atomic E-state index is 12.1. The van der Waals surface area contributed by atoms with Gasteiger partial charge in [0.2, 0.25) is 0 Å². The van der Waals surface area contributed by atoms with Crippen molar-refractivity contribution in [3.05, 3.63) is 35.9 Å². The van der Waals surface area contributed by atoms with E-state index in [0.717, 1.165) is 12.0 Å². The van der Waals surface area contributed by atoms with Crippen molar-refractivity contribution in [3.63, 3.8) is 0 Å². The summed E-state index contributed by atoms with van der Waals surface area (Å²) < 4.78 is 15.5. The molecule has 140 valence electrons. The zero-order valence-electron chi connectivity index (χ0n) is 15.0. The minimum Gasteiger partial charge on any atom is -0.557 e. The molecule has 0 radical (unpaired) electrons. The van der Waals surface area contributed by atoms with E-state index in [0.29, 0.717) is 25.9 Å². The molecule has 1 aromatic carbocycles. The van der Waals surface area contributed by atoms with Crippen molar-refractivity contribution in [2.75, 3.05) is 6.61 Å². The molecule has 1 amide bonds. The van der Waals surface area contributed by atoms with Crippen LogP contribution in [0.15, 0.2) is 30.3 Å². The average Bonchev–Trinajstić information content (AvgIpc) is 2.66. The molecule has 0 saturated heterocycles. The van der Waals surface area contributed by atoms with Gasteiger partial charge in [-0.3, -0.25) is 10.2 Å². The van der Waals surface area contributed by atoms with Crippen molar-refractivity contribution >= 4 is 25.9 Å². The number of amides is 1. The number of hydrogen-bond donors (Lipinski definition) is 2. The molecule has 1 aliphatic carbocycles. The predicted molar refractivity (Wildman–Crippen MR) is 98.3 cm³/mol. The number of hydrogen-bond acceptors (Lipinski definition) is 6. The lowest BCUT2D eigenvalue weighted by molar-refractivity contribution is -0.149. The van der Waals surface area contributed by atoms with Crippen molar-refractivity contribution in [2.24, 2.45) is 5.92 Å². The Morgan fingerprint density at radius 1 is 1.27 bits per heavy atom. The monoisotopic (exact) mass is 360 g/mol. The lowest BCUT2D eigenvalue weighted by Crippen LogP contribution is -2.44. The highest BCUT2D eigenvalue weighted by atomic mass is 16.5. The van der Waals surface area contributed by atoms with Crippen LogP contribution in [0.5, 0.6) is 0 Å². The van der Waals surface area contributed by atoms with Crippen LogP contribution in [0, 0.1) is 11.3 Å². The summed E-state index contributed by atoms with van der Waals surface area (Å²) in [7, 11) is 0.267. The third kappa shape index (κ3) is 6.09. The second-order valence-corrected chi connectivity index (χ2v) is 6.29. The van der Waals surface area contributed by atoms with Crippen LogP contribution in [-0.4, -0.2) is 38.6 Å². The highest BCUT2D eigenvalue weighted by molar-refractivity contribution is 6.32. The molecule has 1 fully saturated rings. The third-order valence-corrected chi connectivity index (χ3v) is 4.51. The quantitative estimate of drug-likeness (QED) is 0.321. The minimum atomic E-state index is -0.492. The smallest absolute Gasteiger partial charge is 0.407 e. The van der Waals surface area contributed by atoms with Crippen LogP contribution in [0.2, 0.25) is 5.82 Å². The van der Waals surface area contributed by atoms with Gasteiger partial charge in [0.25, 0.3) is 0 Å². The molecule has 2 rings (SSSR count). The molecular formula is C18H25BN2O5. The van der Waals surface area contributed by atoms with Gasteiger partial charge in [0.1, 0.15) is 13.0 Å². The first-order chi connectivity index (χ1) is 12.6. The van der Waals surface area contributed by atoms with Crippen molar-refractivity contribution < 1.29 is 23.7 Å². The van der Waals surface area contributed by atoms with Gasteiger partial charge in [0.15, 0.2) is 0 Å². The first-order valence-electron chi connectivity index (χ1n) is 8.88. The molecule has 0 heterocycles. The normalized spacial score (nSPS) is 22.0. The number of benzene rings is 1. The lowest BCUT2D eigenvalue weighted by Gasteiger charge is -2.34. The summed E-state index contributed by atoms with van der Waals surface area (Å²) in [5, 5.41) is 9.91. The van der Waals surface area contributed by atoms with Crippen LogP contribution in [-0.2, 0) is 25.5 Å². The second-order valence-electron chi connectivity index (χ2n) is 6.29. The number of nitrogens with one attached hydrogen (secondary N) is 2. The Kier molecular flexibility index (Phi) is 7.99. The zero-order valence-corrected chi connectivity index (χ0v) is 15.0. The molecule has 2 N–H and O–H groups in total. The van der Waals surface area contributed by atoms with E-state index in [2.05, 4.69) is 5.32 Å². The standard InChI is InChI=1S/C18H25BN2O5/c1-2-24-17(22)14-8-9-16(15(10-14)19-26-12-20)21-18(23)25-11-13-6-4-3-5-7-13/h3-7,12,14-16,19-20H,2,8-11H2,1H3,(H,21,23)/t14-,15+,16-/m0/s1. The topological polar surface area (TPSA) is 97.7 Å². The lowest BCUT2D eigenvalue weighted by atomic mass is 9.64. The summed E-state index contributed by atoms with van der Waals surface area (Å²) >= 11 is 0. The highest BCUT2D eigenvalue weighted by Gasteiger charge is 2.36. The molecule has 26 heavy (non-hydrogen) atoms. The fourth-order valence-corrected chi connectivity index (χ4v) is 3.20. The SMILES string of the molecule is CCOC(=O)[C@H]1CC[C@H](NC(=O)OCc2ccccc2)[C@H](BOC=N)C1. The molecule has 1 saturated carbocycles. The van der Waals surface area contributed by atoms with Crippen molar-refractivity contribution in [3.8, 4) is 0 Å². The summed E-state index contributed by atoms with van der Waals surface area (Å²) in [5.41, 5.74) is 0.914. The number of carbonyl (C=O) groups excluding carboxylic acids is 2. The molecular weight excluding hydrogens is 335 g/mol. The van der Waals surface area contributed by atoms with Crippen molar-refractivity contribution in [1.82, 2.24) is 5.32 Å². The van der Waals surface area contributed by atoms with Gasteiger partial charge in [0.05, 0.1) is 12.5 Å². The van der Waals surface area contributed by atoms with Gasteiger partial charge in [0, 0.05) is 6.04 Å². The Morgan fingerprint density at radius 2 is 2.04 bits per heavy atom. The highest BCUT2D eigenvalue weighted by Crippen LogP contribution is 2.34. The number of ether oxygens (including phenoxy) is 2. The van der Waals surface area contributed by atoms with E-state index >= 15 is 0 Å². The van der Waals surface area contributed by atoms with E-state index in [-0.39, 0.29) is 37.8 Å². The maximum atomic E-state index is 12.1. The van der Waals surface area contributed by atoms with E-state index in [4.69, 9.17) is 19.5 Å². The molecule has 0 bridgehead atoms. The predicted octanol–water partition coefficient (Wildman–Crippen LogP) is 2.41. The second kappa shape index (κ2) is 10.5. The Hall–Kier alpha value is -2.51. The molecule has 0 spiro atoms. The molecule has 3 atom stereocenters. The van der Waals surface area contributed by atoms with Gasteiger partial charge in [-0.15, -0.1) is 0 Å². The summed E-state index contributed by atoms with van der Waals surface area (Å²) in [4.78, 5) is 24.1. The Morgan fingerprint density at radius 3 is 2.73 bits per heavy atom. The average molecular weight is 360 g/mol. The van der Waals surface area contributed by atoms with E-state index in [1.165, 1.54) is 0 Å². The Bertz CT molecular complexity index is 599. The Labute approximate surface area is 154 Å². The number of esters is 1. The number of rotatable bonds is 8. The number of alkyl carbamates (subject to hydrolysis) is 1. The van der Waals surface area contributed by atoms with Crippen LogP contribution in [0.4, 0.5) is 4.79 Å². The third-order valence-electron chi connectivity index (χ3n) is 4.51. The van der Waals surface area contributed by atoms with Gasteiger partial charge in [-0.25, -0.2) is 4.79 Å². The maximum Gasteiger partial charge on any atom is 0.407 e. The van der Waals surface area contributed by atoms with E-state index in [1.807, 2.05) is 30.3 Å². The fourth-order valence-electron chi connectivity index (χ4n) is 3.20. The molecule has 0 unspecified atom stereocenters. The molecule has 8 heteroatoms. The number of carbonyl (C=O) groups is 2. The van der Waals surface area contributed by atoms with Crippen LogP contribution < -0.4 is 5.32 Å². The summed E-state index contributed by atoms with van der Waals surface area (Å²) in [6, 6.07) is 9.29. The van der Waals surface area contributed by atoms with Crippen LogP contribution in [0.1, 0.15) is 31.7 Å². The zero-order chi connectivity index (χ0) is 18.8. The van der Waals surface area contributed by atoms with Crippen LogP contribution in [0.3, 0.4) is 0 Å². The molecule has 1 aromatic rings. The van der Waals surface area contributed by atoms with E-state index in [9.17, 15) is 9.59 Å². The summed E-state index contributed by atoms with van der Waals surface area (Å²) in [6.45, 7) is 2.33. The summed E-state index contributed by atoms with van der Waals surface area (Å²) in [6.07, 6.45) is 2.21. The molecule has 0 aromatic heterocycles. The van der Waals surface area contributed by atoms with E-state index in [1.54, 1.807) is 6.92 Å². The first-order valence-corrected chi connectivity index (χ1v) is 8.88. The Balaban J connectivity index is 1.87. The van der Waals surface area contributed by atoms with Gasteiger partial charge >= 0.3 is 19.5 Å². The molecule has 0 aliphatic heterocycles. The molecule has 1 aliphatic rings. The molecule has 7 nitrogen and oxygen atoms in total. The van der Waals surface area contributed by atoms with Crippen LogP contribution in [0.25, 0.3) is 0 Å². The van der Waals surface area contributed by atoms with Gasteiger partial charge in [-0.2, -0.15) is 0 Å². The summed E-state index contributed by atoms with van der Waals surface area (Å²) in [5.74, 6) is -0.492. The largest absolute Gasteiger partial charge is 0.557 e. The van der Waals surface area contributed by atoms with Gasteiger partial charge in [-0.05, 0) is 37.6 Å². The van der Waals surface area contributed by atoms with Crippen molar-refractivity contribution in [2.45, 2.75) is 44.7 Å². The van der Waals surface area contributed by atoms with Crippen LogP contribution >= 0.6 is 0 Å². The fraction of sp³-hybridized carbons (Fsp3) is 0.500. The first kappa shape index (κ1) is 19.8. The van der Waals surface area contributed by atoms with Crippen molar-refractivity contribution in [1.29, 1.82) is 5.41 Å². The van der Waals surface area contributed by atoms with Gasteiger partial charge < -0.3 is 19.4 Å².